The average Bonchev–Trinajstić information content (AvgIpc) is 2.91. The number of urea groups is 1. The number of benzene rings is 1. The van der Waals surface area contributed by atoms with Gasteiger partial charge >= 0.3 is 6.03 Å². The highest BCUT2D eigenvalue weighted by molar-refractivity contribution is 7.89. The minimum Gasteiger partial charge on any atom is -0.487 e. The number of rotatable bonds is 6. The fraction of sp³-hybridized carbons (Fsp3) is 0.556. The number of nitrogens with one attached hydrogen (secondary N) is 1. The van der Waals surface area contributed by atoms with Gasteiger partial charge in [0.1, 0.15) is 16.7 Å². The van der Waals surface area contributed by atoms with Crippen LogP contribution in [0.2, 0.25) is 0 Å². The van der Waals surface area contributed by atoms with Crippen LogP contribution in [0, 0.1) is 5.92 Å². The third-order valence-electron chi connectivity index (χ3n) is 7.40. The first-order valence-electron chi connectivity index (χ1n) is 13.1. The summed E-state index contributed by atoms with van der Waals surface area (Å²) in [6.45, 7) is 3.76. The van der Waals surface area contributed by atoms with Crippen LogP contribution in [0.3, 0.4) is 0 Å². The molecule has 2 amide bonds. The quantitative estimate of drug-likeness (QED) is 0.591. The molecule has 2 aliphatic rings. The SMILES string of the molecule is C[C@@H]1CN([C@@H](C)CO)S(=O)(=O)c2ccc(-c3cccnc3)cc2O[C@@H]1CN(C)C(=O)NC1CCCCC1. The van der Waals surface area contributed by atoms with Gasteiger partial charge in [0, 0.05) is 49.6 Å². The molecule has 1 aromatic heterocycles. The van der Waals surface area contributed by atoms with Crippen molar-refractivity contribution >= 4 is 16.1 Å². The lowest BCUT2D eigenvalue weighted by atomic mass is 9.96. The van der Waals surface area contributed by atoms with Crippen LogP contribution in [0.5, 0.6) is 5.75 Å². The first-order chi connectivity index (χ1) is 17.7. The van der Waals surface area contributed by atoms with Gasteiger partial charge in [-0.3, -0.25) is 4.98 Å². The van der Waals surface area contributed by atoms with E-state index in [4.69, 9.17) is 4.74 Å². The van der Waals surface area contributed by atoms with Gasteiger partial charge in [-0.05, 0) is 43.5 Å². The molecule has 1 aliphatic carbocycles. The molecule has 3 atom stereocenters. The first kappa shape index (κ1) is 27.3. The van der Waals surface area contributed by atoms with E-state index in [1.165, 1.54) is 10.7 Å². The number of ether oxygens (including phenoxy) is 1. The van der Waals surface area contributed by atoms with E-state index in [1.807, 2.05) is 19.1 Å². The van der Waals surface area contributed by atoms with Crippen molar-refractivity contribution in [3.05, 3.63) is 42.7 Å². The maximum atomic E-state index is 13.7. The lowest BCUT2D eigenvalue weighted by Crippen LogP contribution is -2.52. The summed E-state index contributed by atoms with van der Waals surface area (Å²) in [5.41, 5.74) is 1.61. The Morgan fingerprint density at radius 2 is 2.00 bits per heavy atom. The van der Waals surface area contributed by atoms with E-state index in [0.29, 0.717) is 0 Å². The zero-order chi connectivity index (χ0) is 26.6. The maximum absolute atomic E-state index is 13.7. The largest absolute Gasteiger partial charge is 0.487 e. The predicted molar refractivity (Wildman–Crippen MR) is 142 cm³/mol. The lowest BCUT2D eigenvalue weighted by molar-refractivity contribution is 0.0806. The highest BCUT2D eigenvalue weighted by Gasteiger charge is 2.38. The number of amides is 2. The summed E-state index contributed by atoms with van der Waals surface area (Å²) in [5, 5.41) is 13.0. The standard InChI is InChI=1S/C27H38N4O5S/c1-19-16-31(20(2)18-32)37(34,35)26-12-11-21(22-8-7-13-28-15-22)14-24(26)36-25(19)17-30(3)27(33)29-23-9-5-4-6-10-23/h7-8,11-15,19-20,23,25,32H,4-6,9-10,16-18H2,1-3H3,(H,29,33)/t19-,20+,25-/m1/s1. The molecule has 0 unspecified atom stereocenters. The van der Waals surface area contributed by atoms with E-state index in [0.717, 1.165) is 36.8 Å². The fourth-order valence-corrected chi connectivity index (χ4v) is 6.87. The number of fused-ring (bicyclic) bond motifs is 1. The summed E-state index contributed by atoms with van der Waals surface area (Å²) in [7, 11) is -2.19. The number of nitrogens with zero attached hydrogens (tertiary/aromatic N) is 3. The monoisotopic (exact) mass is 530 g/mol. The van der Waals surface area contributed by atoms with E-state index >= 15 is 0 Å². The summed E-state index contributed by atoms with van der Waals surface area (Å²) in [6.07, 6.45) is 8.37. The summed E-state index contributed by atoms with van der Waals surface area (Å²) >= 11 is 0. The van der Waals surface area contributed by atoms with Crippen LogP contribution < -0.4 is 10.1 Å². The van der Waals surface area contributed by atoms with Gasteiger partial charge in [-0.15, -0.1) is 0 Å². The lowest BCUT2D eigenvalue weighted by Gasteiger charge is -2.38. The van der Waals surface area contributed by atoms with Crippen molar-refractivity contribution in [3.8, 4) is 16.9 Å². The Kier molecular flexibility index (Phi) is 8.71. The highest BCUT2D eigenvalue weighted by Crippen LogP contribution is 2.36. The molecule has 37 heavy (non-hydrogen) atoms. The van der Waals surface area contributed by atoms with Gasteiger partial charge in [0.15, 0.2) is 0 Å². The zero-order valence-corrected chi connectivity index (χ0v) is 22.7. The Morgan fingerprint density at radius 3 is 2.68 bits per heavy atom. The van der Waals surface area contributed by atoms with Crippen LogP contribution in [0.15, 0.2) is 47.6 Å². The van der Waals surface area contributed by atoms with Crippen LogP contribution in [0.1, 0.15) is 46.0 Å². The zero-order valence-electron chi connectivity index (χ0n) is 21.8. The maximum Gasteiger partial charge on any atom is 0.317 e. The minimum atomic E-state index is -3.93. The van der Waals surface area contributed by atoms with Crippen molar-refractivity contribution in [2.75, 3.05) is 26.7 Å². The molecule has 2 heterocycles. The van der Waals surface area contributed by atoms with Crippen LogP contribution in [0.25, 0.3) is 11.1 Å². The predicted octanol–water partition coefficient (Wildman–Crippen LogP) is 3.49. The van der Waals surface area contributed by atoms with Gasteiger partial charge in [0.05, 0.1) is 13.2 Å². The summed E-state index contributed by atoms with van der Waals surface area (Å²) in [4.78, 5) is 18.8. The van der Waals surface area contributed by atoms with Crippen LogP contribution in [-0.4, -0.2) is 78.7 Å². The number of pyridine rings is 1. The van der Waals surface area contributed by atoms with Gasteiger partial charge in [0.2, 0.25) is 10.0 Å². The number of sulfonamides is 1. The molecule has 1 aliphatic heterocycles. The van der Waals surface area contributed by atoms with Gasteiger partial charge in [-0.1, -0.05) is 38.3 Å². The second-order valence-corrected chi connectivity index (χ2v) is 12.2. The van der Waals surface area contributed by atoms with Crippen molar-refractivity contribution < 1.29 is 23.1 Å². The third kappa shape index (κ3) is 6.25. The Balaban J connectivity index is 1.65. The minimum absolute atomic E-state index is 0.0478. The molecule has 4 rings (SSSR count). The second-order valence-electron chi connectivity index (χ2n) is 10.3. The van der Waals surface area contributed by atoms with Crippen molar-refractivity contribution in [3.63, 3.8) is 0 Å². The van der Waals surface area contributed by atoms with Crippen molar-refractivity contribution in [1.29, 1.82) is 0 Å². The molecule has 0 saturated heterocycles. The van der Waals surface area contributed by atoms with E-state index in [2.05, 4.69) is 10.3 Å². The number of aromatic nitrogens is 1. The van der Waals surface area contributed by atoms with Gasteiger partial charge in [0.25, 0.3) is 0 Å². The molecule has 2 aromatic rings. The molecule has 1 aromatic carbocycles. The molecule has 10 heteroatoms. The number of aliphatic hydroxyl groups is 1. The first-order valence-corrected chi connectivity index (χ1v) is 14.5. The molecular weight excluding hydrogens is 492 g/mol. The van der Waals surface area contributed by atoms with Crippen molar-refractivity contribution in [2.45, 2.75) is 69.0 Å². The Hall–Kier alpha value is -2.69. The Bertz CT molecular complexity index is 1170. The summed E-state index contributed by atoms with van der Waals surface area (Å²) in [5.74, 6) is -0.0157. The van der Waals surface area contributed by atoms with Gasteiger partial charge in [-0.25, -0.2) is 13.2 Å². The van der Waals surface area contributed by atoms with Crippen molar-refractivity contribution in [1.82, 2.24) is 19.5 Å². The molecule has 1 fully saturated rings. The molecule has 0 spiro atoms. The number of aliphatic hydroxyl groups excluding tert-OH is 1. The Labute approximate surface area is 219 Å². The highest BCUT2D eigenvalue weighted by atomic mass is 32.2. The smallest absolute Gasteiger partial charge is 0.317 e. The third-order valence-corrected chi connectivity index (χ3v) is 9.41. The Morgan fingerprint density at radius 1 is 1.24 bits per heavy atom. The molecule has 2 N–H and O–H groups in total. The van der Waals surface area contributed by atoms with Crippen LogP contribution in [0.4, 0.5) is 4.79 Å². The molecule has 202 valence electrons. The van der Waals surface area contributed by atoms with Gasteiger partial charge in [-0.2, -0.15) is 4.31 Å². The van der Waals surface area contributed by atoms with Crippen LogP contribution in [-0.2, 0) is 10.0 Å². The van der Waals surface area contributed by atoms with E-state index < -0.39 is 22.2 Å². The van der Waals surface area contributed by atoms with Crippen LogP contribution >= 0.6 is 0 Å². The normalized spacial score (nSPS) is 23.1. The summed E-state index contributed by atoms with van der Waals surface area (Å²) in [6, 6.07) is 8.16. The van der Waals surface area contributed by atoms with Crippen molar-refractivity contribution in [2.24, 2.45) is 5.92 Å². The number of carbonyl (C=O) groups excluding carboxylic acids is 1. The topological polar surface area (TPSA) is 112 Å². The summed E-state index contributed by atoms with van der Waals surface area (Å²) < 4.78 is 35.1. The van der Waals surface area contributed by atoms with E-state index in [-0.39, 0.29) is 48.3 Å². The van der Waals surface area contributed by atoms with E-state index in [1.54, 1.807) is 49.5 Å². The fourth-order valence-electron chi connectivity index (χ4n) is 5.04. The number of likely N-dealkylation sites (N-methyl/N-ethyl adjacent to an activating group) is 1. The molecule has 9 nitrogen and oxygen atoms in total. The molecule has 0 radical (unpaired) electrons. The van der Waals surface area contributed by atoms with E-state index in [9.17, 15) is 18.3 Å². The average molecular weight is 531 g/mol. The molecular formula is C27H38N4O5S. The number of carbonyl (C=O) groups is 1. The van der Waals surface area contributed by atoms with Gasteiger partial charge < -0.3 is 20.1 Å². The second kappa shape index (κ2) is 11.8. The number of hydrogen-bond acceptors (Lipinski definition) is 6. The molecule has 1 saturated carbocycles. The number of hydrogen-bond donors (Lipinski definition) is 2. The molecule has 0 bridgehead atoms.